The predicted molar refractivity (Wildman–Crippen MR) is 72.8 cm³/mol. The second kappa shape index (κ2) is 6.75. The summed E-state index contributed by atoms with van der Waals surface area (Å²) >= 11 is 0. The molecule has 2 amide bonds. The summed E-state index contributed by atoms with van der Waals surface area (Å²) in [5, 5.41) is 5.37. The van der Waals surface area contributed by atoms with E-state index in [4.69, 9.17) is 10.5 Å². The summed E-state index contributed by atoms with van der Waals surface area (Å²) in [6.45, 7) is 3.38. The third-order valence-corrected chi connectivity index (χ3v) is 2.45. The van der Waals surface area contributed by atoms with E-state index in [1.165, 1.54) is 14.0 Å². The standard InChI is InChI=1S/C13H19N3O3/c1-8(14)13(18)15-7-10-4-5-12(19-3)11(6-10)16-9(2)17/h4-6,8H,7,14H2,1-3H3,(H,15,18)(H,16,17)/t8-/m1/s1. The Labute approximate surface area is 112 Å². The molecular formula is C13H19N3O3. The molecule has 0 saturated carbocycles. The number of carbonyl (C=O) groups is 2. The number of anilines is 1. The van der Waals surface area contributed by atoms with Crippen molar-refractivity contribution in [3.63, 3.8) is 0 Å². The molecular weight excluding hydrogens is 246 g/mol. The Morgan fingerprint density at radius 1 is 1.42 bits per heavy atom. The maximum atomic E-state index is 11.4. The first kappa shape index (κ1) is 15.0. The Bertz CT molecular complexity index is 472. The number of amides is 2. The lowest BCUT2D eigenvalue weighted by molar-refractivity contribution is -0.122. The first-order valence-corrected chi connectivity index (χ1v) is 5.92. The van der Waals surface area contributed by atoms with Crippen LogP contribution < -0.4 is 21.1 Å². The van der Waals surface area contributed by atoms with Crippen molar-refractivity contribution < 1.29 is 14.3 Å². The van der Waals surface area contributed by atoms with Crippen LogP contribution in [0.5, 0.6) is 5.75 Å². The molecule has 0 aromatic heterocycles. The number of hydrogen-bond acceptors (Lipinski definition) is 4. The summed E-state index contributed by atoms with van der Waals surface area (Å²) in [6.07, 6.45) is 0. The summed E-state index contributed by atoms with van der Waals surface area (Å²) in [6, 6.07) is 4.75. The molecule has 4 N–H and O–H groups in total. The number of methoxy groups -OCH3 is 1. The Morgan fingerprint density at radius 3 is 2.63 bits per heavy atom. The second-order valence-electron chi connectivity index (χ2n) is 4.22. The van der Waals surface area contributed by atoms with Gasteiger partial charge in [0.15, 0.2) is 0 Å². The molecule has 0 bridgehead atoms. The fourth-order valence-corrected chi connectivity index (χ4v) is 1.50. The van der Waals surface area contributed by atoms with Crippen molar-refractivity contribution in [1.82, 2.24) is 5.32 Å². The molecule has 0 fully saturated rings. The maximum absolute atomic E-state index is 11.4. The van der Waals surface area contributed by atoms with Crippen LogP contribution >= 0.6 is 0 Å². The lowest BCUT2D eigenvalue weighted by atomic mass is 10.1. The molecule has 1 aromatic carbocycles. The van der Waals surface area contributed by atoms with E-state index in [9.17, 15) is 9.59 Å². The van der Waals surface area contributed by atoms with Gasteiger partial charge in [0.05, 0.1) is 18.8 Å². The van der Waals surface area contributed by atoms with Crippen molar-refractivity contribution >= 4 is 17.5 Å². The van der Waals surface area contributed by atoms with Gasteiger partial charge in [0.25, 0.3) is 0 Å². The van der Waals surface area contributed by atoms with Crippen LogP contribution in [-0.4, -0.2) is 25.0 Å². The molecule has 0 aliphatic heterocycles. The Kier molecular flexibility index (Phi) is 5.32. The van der Waals surface area contributed by atoms with Gasteiger partial charge in [-0.25, -0.2) is 0 Å². The summed E-state index contributed by atoms with van der Waals surface area (Å²) in [5.41, 5.74) is 6.87. The van der Waals surface area contributed by atoms with Crippen molar-refractivity contribution in [2.45, 2.75) is 26.4 Å². The van der Waals surface area contributed by atoms with Crippen molar-refractivity contribution in [2.24, 2.45) is 5.73 Å². The van der Waals surface area contributed by atoms with Crippen LogP contribution in [0.4, 0.5) is 5.69 Å². The zero-order valence-corrected chi connectivity index (χ0v) is 11.3. The average Bonchev–Trinajstić information content (AvgIpc) is 2.35. The van der Waals surface area contributed by atoms with Gasteiger partial charge in [-0.15, -0.1) is 0 Å². The highest BCUT2D eigenvalue weighted by Crippen LogP contribution is 2.25. The molecule has 1 aromatic rings. The average molecular weight is 265 g/mol. The van der Waals surface area contributed by atoms with E-state index >= 15 is 0 Å². The number of rotatable bonds is 5. The fourth-order valence-electron chi connectivity index (χ4n) is 1.50. The molecule has 0 unspecified atom stereocenters. The maximum Gasteiger partial charge on any atom is 0.236 e. The molecule has 0 aliphatic carbocycles. The molecule has 0 spiro atoms. The smallest absolute Gasteiger partial charge is 0.236 e. The fraction of sp³-hybridized carbons (Fsp3) is 0.385. The van der Waals surface area contributed by atoms with Crippen molar-refractivity contribution in [1.29, 1.82) is 0 Å². The Morgan fingerprint density at radius 2 is 2.11 bits per heavy atom. The highest BCUT2D eigenvalue weighted by atomic mass is 16.5. The van der Waals surface area contributed by atoms with Crippen molar-refractivity contribution in [2.75, 3.05) is 12.4 Å². The summed E-state index contributed by atoms with van der Waals surface area (Å²) in [7, 11) is 1.53. The SMILES string of the molecule is COc1ccc(CNC(=O)[C@@H](C)N)cc1NC(C)=O. The lowest BCUT2D eigenvalue weighted by Crippen LogP contribution is -2.37. The zero-order chi connectivity index (χ0) is 14.4. The van der Waals surface area contributed by atoms with Crippen LogP contribution in [0.25, 0.3) is 0 Å². The molecule has 0 radical (unpaired) electrons. The van der Waals surface area contributed by atoms with Gasteiger partial charge in [-0.1, -0.05) is 6.07 Å². The minimum Gasteiger partial charge on any atom is -0.495 e. The van der Waals surface area contributed by atoms with Crippen LogP contribution in [0.15, 0.2) is 18.2 Å². The van der Waals surface area contributed by atoms with Crippen LogP contribution in [-0.2, 0) is 16.1 Å². The number of nitrogens with one attached hydrogen (secondary N) is 2. The topological polar surface area (TPSA) is 93.4 Å². The molecule has 0 saturated heterocycles. The minimum atomic E-state index is -0.548. The number of hydrogen-bond donors (Lipinski definition) is 3. The summed E-state index contributed by atoms with van der Waals surface area (Å²) in [4.78, 5) is 22.5. The van der Waals surface area contributed by atoms with E-state index in [2.05, 4.69) is 10.6 Å². The molecule has 0 heterocycles. The van der Waals surface area contributed by atoms with E-state index in [-0.39, 0.29) is 11.8 Å². The van der Waals surface area contributed by atoms with E-state index in [1.807, 2.05) is 6.07 Å². The second-order valence-corrected chi connectivity index (χ2v) is 4.22. The number of carbonyl (C=O) groups excluding carboxylic acids is 2. The van der Waals surface area contributed by atoms with Crippen LogP contribution in [0, 0.1) is 0 Å². The van der Waals surface area contributed by atoms with Gasteiger partial charge in [-0.05, 0) is 24.6 Å². The van der Waals surface area contributed by atoms with Gasteiger partial charge >= 0.3 is 0 Å². The first-order chi connectivity index (χ1) is 8.93. The van der Waals surface area contributed by atoms with Crippen molar-refractivity contribution in [3.05, 3.63) is 23.8 Å². The third-order valence-electron chi connectivity index (χ3n) is 2.45. The molecule has 0 aliphatic rings. The monoisotopic (exact) mass is 265 g/mol. The first-order valence-electron chi connectivity index (χ1n) is 5.92. The normalized spacial score (nSPS) is 11.6. The Hall–Kier alpha value is -2.08. The predicted octanol–water partition coefficient (Wildman–Crippen LogP) is 0.617. The Balaban J connectivity index is 2.80. The molecule has 1 rings (SSSR count). The highest BCUT2D eigenvalue weighted by molar-refractivity contribution is 5.90. The molecule has 6 heteroatoms. The van der Waals surface area contributed by atoms with E-state index in [0.717, 1.165) is 5.56 Å². The van der Waals surface area contributed by atoms with Crippen LogP contribution in [0.3, 0.4) is 0 Å². The van der Waals surface area contributed by atoms with E-state index in [1.54, 1.807) is 19.1 Å². The number of nitrogens with two attached hydrogens (primary N) is 1. The van der Waals surface area contributed by atoms with E-state index < -0.39 is 6.04 Å². The van der Waals surface area contributed by atoms with Gasteiger partial charge in [0.2, 0.25) is 11.8 Å². The number of benzene rings is 1. The van der Waals surface area contributed by atoms with E-state index in [0.29, 0.717) is 18.0 Å². The molecule has 19 heavy (non-hydrogen) atoms. The van der Waals surface area contributed by atoms with Gasteiger partial charge in [0, 0.05) is 13.5 Å². The zero-order valence-electron chi connectivity index (χ0n) is 11.3. The molecule has 6 nitrogen and oxygen atoms in total. The lowest BCUT2D eigenvalue weighted by Gasteiger charge is -2.12. The number of ether oxygens (including phenoxy) is 1. The third kappa shape index (κ3) is 4.59. The van der Waals surface area contributed by atoms with Crippen molar-refractivity contribution in [3.8, 4) is 5.75 Å². The van der Waals surface area contributed by atoms with Gasteiger partial charge in [0.1, 0.15) is 5.75 Å². The summed E-state index contributed by atoms with van der Waals surface area (Å²) < 4.78 is 5.14. The largest absolute Gasteiger partial charge is 0.495 e. The van der Waals surface area contributed by atoms with Crippen LogP contribution in [0.2, 0.25) is 0 Å². The summed E-state index contributed by atoms with van der Waals surface area (Å²) in [5.74, 6) is 0.157. The highest BCUT2D eigenvalue weighted by Gasteiger charge is 2.09. The van der Waals surface area contributed by atoms with Gasteiger partial charge in [-0.3, -0.25) is 9.59 Å². The van der Waals surface area contributed by atoms with Gasteiger partial charge in [-0.2, -0.15) is 0 Å². The molecule has 104 valence electrons. The van der Waals surface area contributed by atoms with Gasteiger partial charge < -0.3 is 21.1 Å². The van der Waals surface area contributed by atoms with Crippen LogP contribution in [0.1, 0.15) is 19.4 Å². The quantitative estimate of drug-likeness (QED) is 0.727. The minimum absolute atomic E-state index is 0.185. The molecule has 1 atom stereocenters.